The van der Waals surface area contributed by atoms with Crippen LogP contribution in [0.2, 0.25) is 0 Å². The van der Waals surface area contributed by atoms with Gasteiger partial charge in [-0.15, -0.1) is 0 Å². The summed E-state index contributed by atoms with van der Waals surface area (Å²) < 4.78 is 46.1. The summed E-state index contributed by atoms with van der Waals surface area (Å²) in [5, 5.41) is 0.747. The number of halogens is 2. The van der Waals surface area contributed by atoms with E-state index in [1.807, 2.05) is 19.1 Å². The number of aromatic nitrogens is 2. The van der Waals surface area contributed by atoms with Crippen LogP contribution in [-0.2, 0) is 0 Å². The van der Waals surface area contributed by atoms with Crippen molar-refractivity contribution in [2.45, 2.75) is 13.5 Å². The SMILES string of the molecule is COc1ccc2oc(-c3cc(C)cc4nc(OC(F)F)cnc34)cc2c1OC. The Hall–Kier alpha value is -3.42. The maximum Gasteiger partial charge on any atom is 0.388 e. The first-order valence-electron chi connectivity index (χ1n) is 8.37. The normalized spacial score (nSPS) is 11.4. The molecule has 0 aliphatic rings. The number of rotatable bonds is 5. The van der Waals surface area contributed by atoms with Gasteiger partial charge in [0.15, 0.2) is 11.5 Å². The van der Waals surface area contributed by atoms with E-state index < -0.39 is 6.61 Å². The topological polar surface area (TPSA) is 66.6 Å². The van der Waals surface area contributed by atoms with Crippen LogP contribution in [0.3, 0.4) is 0 Å². The van der Waals surface area contributed by atoms with Crippen LogP contribution in [0.25, 0.3) is 33.3 Å². The number of ether oxygens (including phenoxy) is 3. The van der Waals surface area contributed by atoms with Gasteiger partial charge in [-0.2, -0.15) is 8.78 Å². The van der Waals surface area contributed by atoms with Crippen LogP contribution in [0, 0.1) is 6.92 Å². The Morgan fingerprint density at radius 2 is 1.89 bits per heavy atom. The molecule has 0 spiro atoms. The summed E-state index contributed by atoms with van der Waals surface area (Å²) in [6, 6.07) is 9.02. The number of nitrogens with zero attached hydrogens (tertiary/aromatic N) is 2. The quantitative estimate of drug-likeness (QED) is 0.482. The molecule has 0 bridgehead atoms. The summed E-state index contributed by atoms with van der Waals surface area (Å²) in [5.74, 6) is 1.46. The van der Waals surface area contributed by atoms with Crippen molar-refractivity contribution < 1.29 is 27.4 Å². The number of methoxy groups -OCH3 is 2. The molecule has 0 aliphatic heterocycles. The molecule has 0 amide bonds. The van der Waals surface area contributed by atoms with Crippen LogP contribution in [0.15, 0.2) is 40.9 Å². The minimum Gasteiger partial charge on any atom is -0.493 e. The molecule has 0 unspecified atom stereocenters. The second-order valence-corrected chi connectivity index (χ2v) is 6.09. The Morgan fingerprint density at radius 3 is 2.61 bits per heavy atom. The number of hydrogen-bond acceptors (Lipinski definition) is 6. The average molecular weight is 386 g/mol. The fourth-order valence-electron chi connectivity index (χ4n) is 3.15. The zero-order valence-electron chi connectivity index (χ0n) is 15.3. The Balaban J connectivity index is 1.91. The van der Waals surface area contributed by atoms with Gasteiger partial charge in [0.1, 0.15) is 11.3 Å². The maximum atomic E-state index is 12.5. The molecule has 4 rings (SSSR count). The van der Waals surface area contributed by atoms with Gasteiger partial charge in [0.25, 0.3) is 0 Å². The van der Waals surface area contributed by atoms with E-state index in [4.69, 9.17) is 13.9 Å². The highest BCUT2D eigenvalue weighted by Crippen LogP contribution is 2.40. The molecule has 8 heteroatoms. The van der Waals surface area contributed by atoms with E-state index in [0.717, 1.165) is 10.9 Å². The van der Waals surface area contributed by atoms with Crippen molar-refractivity contribution in [1.82, 2.24) is 9.97 Å². The number of fused-ring (bicyclic) bond motifs is 2. The minimum absolute atomic E-state index is 0.241. The standard InChI is InChI=1S/C20H16F2N2O4/c1-10-6-11(18-13(7-10)24-17(9-23-18)28-20(21)22)16-8-12-14(27-16)4-5-15(25-2)19(12)26-3/h4-9,20H,1-3H3. The maximum absolute atomic E-state index is 12.5. The van der Waals surface area contributed by atoms with Crippen molar-refractivity contribution >= 4 is 22.0 Å². The molecule has 2 heterocycles. The Kier molecular flexibility index (Phi) is 4.46. The summed E-state index contributed by atoms with van der Waals surface area (Å²) in [6.45, 7) is -1.09. The van der Waals surface area contributed by atoms with Crippen LogP contribution in [-0.4, -0.2) is 30.8 Å². The van der Waals surface area contributed by atoms with Crippen LogP contribution >= 0.6 is 0 Å². The summed E-state index contributed by atoms with van der Waals surface area (Å²) in [4.78, 5) is 8.39. The number of furan rings is 1. The molecule has 2 aromatic heterocycles. The average Bonchev–Trinajstić information content (AvgIpc) is 3.09. The Morgan fingerprint density at radius 1 is 1.07 bits per heavy atom. The number of alkyl halides is 2. The molecule has 0 saturated heterocycles. The van der Waals surface area contributed by atoms with Gasteiger partial charge >= 0.3 is 6.61 Å². The minimum atomic E-state index is -2.96. The van der Waals surface area contributed by atoms with Crippen molar-refractivity contribution in [1.29, 1.82) is 0 Å². The summed E-state index contributed by atoms with van der Waals surface area (Å²) in [7, 11) is 3.12. The predicted molar refractivity (Wildman–Crippen MR) is 99.2 cm³/mol. The van der Waals surface area contributed by atoms with Gasteiger partial charge in [0.05, 0.1) is 36.8 Å². The Labute approximate surface area is 158 Å². The fraction of sp³-hybridized carbons (Fsp3) is 0.200. The highest BCUT2D eigenvalue weighted by Gasteiger charge is 2.18. The first kappa shape index (κ1) is 18.0. The van der Waals surface area contributed by atoms with Gasteiger partial charge < -0.3 is 18.6 Å². The lowest BCUT2D eigenvalue weighted by Crippen LogP contribution is -2.04. The molecule has 0 atom stereocenters. The van der Waals surface area contributed by atoms with Gasteiger partial charge in [-0.1, -0.05) is 0 Å². The molecule has 4 aromatic rings. The summed E-state index contributed by atoms with van der Waals surface area (Å²) >= 11 is 0. The fourth-order valence-corrected chi connectivity index (χ4v) is 3.15. The first-order chi connectivity index (χ1) is 13.5. The zero-order valence-corrected chi connectivity index (χ0v) is 15.3. The third-order valence-electron chi connectivity index (χ3n) is 4.28. The van der Waals surface area contributed by atoms with Gasteiger partial charge in [-0.05, 0) is 42.8 Å². The van der Waals surface area contributed by atoms with Crippen LogP contribution in [0.1, 0.15) is 5.56 Å². The molecule has 0 fully saturated rings. The Bertz CT molecular complexity index is 1170. The molecule has 0 aliphatic carbocycles. The van der Waals surface area contributed by atoms with Crippen molar-refractivity contribution in [3.63, 3.8) is 0 Å². The molecule has 0 saturated carbocycles. The van der Waals surface area contributed by atoms with Crippen molar-refractivity contribution in [2.75, 3.05) is 14.2 Å². The molecule has 144 valence electrons. The molecule has 6 nitrogen and oxygen atoms in total. The van der Waals surface area contributed by atoms with Crippen molar-refractivity contribution in [3.8, 4) is 28.7 Å². The second-order valence-electron chi connectivity index (χ2n) is 6.09. The highest BCUT2D eigenvalue weighted by atomic mass is 19.3. The number of aryl methyl sites for hydroxylation is 1. The zero-order chi connectivity index (χ0) is 19.8. The largest absolute Gasteiger partial charge is 0.493 e. The molecule has 0 radical (unpaired) electrons. The van der Waals surface area contributed by atoms with E-state index >= 15 is 0 Å². The van der Waals surface area contributed by atoms with Gasteiger partial charge in [0.2, 0.25) is 5.88 Å². The monoisotopic (exact) mass is 386 g/mol. The van der Waals surface area contributed by atoms with E-state index in [1.165, 1.54) is 6.20 Å². The smallest absolute Gasteiger partial charge is 0.388 e. The van der Waals surface area contributed by atoms with E-state index in [2.05, 4.69) is 14.7 Å². The number of benzene rings is 2. The van der Waals surface area contributed by atoms with Crippen molar-refractivity contribution in [2.24, 2.45) is 0 Å². The molecule has 28 heavy (non-hydrogen) atoms. The van der Waals surface area contributed by atoms with E-state index in [-0.39, 0.29) is 5.88 Å². The lowest BCUT2D eigenvalue weighted by molar-refractivity contribution is -0.0528. The molecule has 2 aromatic carbocycles. The number of hydrogen-bond donors (Lipinski definition) is 0. The van der Waals surface area contributed by atoms with E-state index in [0.29, 0.717) is 39.4 Å². The van der Waals surface area contributed by atoms with Crippen LogP contribution in [0.4, 0.5) is 8.78 Å². The predicted octanol–water partition coefficient (Wildman–Crippen LogP) is 4.97. The highest BCUT2D eigenvalue weighted by molar-refractivity contribution is 5.96. The second kappa shape index (κ2) is 6.95. The lowest BCUT2D eigenvalue weighted by Gasteiger charge is -2.07. The van der Waals surface area contributed by atoms with Crippen LogP contribution < -0.4 is 14.2 Å². The van der Waals surface area contributed by atoms with Crippen LogP contribution in [0.5, 0.6) is 17.4 Å². The first-order valence-corrected chi connectivity index (χ1v) is 8.37. The third kappa shape index (κ3) is 3.06. The van der Waals surface area contributed by atoms with E-state index in [9.17, 15) is 8.78 Å². The molecule has 0 N–H and O–H groups in total. The van der Waals surface area contributed by atoms with Gasteiger partial charge in [-0.25, -0.2) is 9.97 Å². The van der Waals surface area contributed by atoms with Gasteiger partial charge in [0, 0.05) is 5.56 Å². The van der Waals surface area contributed by atoms with Crippen molar-refractivity contribution in [3.05, 3.63) is 42.1 Å². The van der Waals surface area contributed by atoms with E-state index in [1.54, 1.807) is 32.4 Å². The molecular weight excluding hydrogens is 370 g/mol. The summed E-state index contributed by atoms with van der Waals surface area (Å²) in [6.07, 6.45) is 1.17. The molecular formula is C20H16F2N2O4. The lowest BCUT2D eigenvalue weighted by atomic mass is 10.1. The summed E-state index contributed by atoms with van der Waals surface area (Å²) in [5.41, 5.74) is 3.11. The third-order valence-corrected chi connectivity index (χ3v) is 4.28. The van der Waals surface area contributed by atoms with Gasteiger partial charge in [-0.3, -0.25) is 0 Å².